The van der Waals surface area contributed by atoms with Gasteiger partial charge in [-0.05, 0) is 36.9 Å². The lowest BCUT2D eigenvalue weighted by atomic mass is 10.2. The van der Waals surface area contributed by atoms with Crippen molar-refractivity contribution in [1.82, 2.24) is 10.3 Å². The van der Waals surface area contributed by atoms with E-state index in [2.05, 4.69) is 10.3 Å². The van der Waals surface area contributed by atoms with Crippen molar-refractivity contribution in [2.45, 2.75) is 13.5 Å². The highest BCUT2D eigenvalue weighted by atomic mass is 19.1. The van der Waals surface area contributed by atoms with Crippen molar-refractivity contribution in [3.05, 3.63) is 54.1 Å². The summed E-state index contributed by atoms with van der Waals surface area (Å²) in [7, 11) is 0. The third-order valence-electron chi connectivity index (χ3n) is 2.48. The number of nitrogens with zero attached hydrogens (tertiary/aromatic N) is 1. The van der Waals surface area contributed by atoms with Crippen LogP contribution in [0.5, 0.6) is 11.5 Å². The van der Waals surface area contributed by atoms with Crippen LogP contribution in [-0.4, -0.2) is 11.5 Å². The number of hydrogen-bond acceptors (Lipinski definition) is 3. The lowest BCUT2D eigenvalue weighted by Crippen LogP contribution is -2.12. The topological polar surface area (TPSA) is 34.2 Å². The fourth-order valence-electron chi connectivity index (χ4n) is 1.54. The molecule has 0 spiro atoms. The maximum Gasteiger partial charge on any atom is 0.150 e. The Bertz CT molecular complexity index is 499. The summed E-state index contributed by atoms with van der Waals surface area (Å²) < 4.78 is 18.5. The van der Waals surface area contributed by atoms with E-state index in [0.717, 1.165) is 18.7 Å². The average molecular weight is 246 g/mol. The van der Waals surface area contributed by atoms with Crippen molar-refractivity contribution >= 4 is 0 Å². The summed E-state index contributed by atoms with van der Waals surface area (Å²) in [6.07, 6.45) is 3.39. The lowest BCUT2D eigenvalue weighted by molar-refractivity contribution is 0.469. The zero-order valence-electron chi connectivity index (χ0n) is 10.2. The molecule has 2 rings (SSSR count). The fraction of sp³-hybridized carbons (Fsp3) is 0.214. The summed E-state index contributed by atoms with van der Waals surface area (Å²) in [6, 6.07) is 7.84. The van der Waals surface area contributed by atoms with Gasteiger partial charge in [0.25, 0.3) is 0 Å². The average Bonchev–Trinajstić information content (AvgIpc) is 2.40. The van der Waals surface area contributed by atoms with Gasteiger partial charge in [-0.15, -0.1) is 0 Å². The van der Waals surface area contributed by atoms with E-state index >= 15 is 0 Å². The van der Waals surface area contributed by atoms with Crippen molar-refractivity contribution < 1.29 is 9.13 Å². The molecule has 1 aromatic heterocycles. The van der Waals surface area contributed by atoms with E-state index in [9.17, 15) is 4.39 Å². The zero-order chi connectivity index (χ0) is 12.8. The number of ether oxygens (including phenoxy) is 1. The van der Waals surface area contributed by atoms with Gasteiger partial charge in [-0.1, -0.05) is 6.92 Å². The summed E-state index contributed by atoms with van der Waals surface area (Å²) in [6.45, 7) is 3.65. The minimum atomic E-state index is -0.276. The van der Waals surface area contributed by atoms with Gasteiger partial charge in [0.2, 0.25) is 0 Å². The molecule has 3 nitrogen and oxygen atoms in total. The van der Waals surface area contributed by atoms with Crippen molar-refractivity contribution in [2.75, 3.05) is 6.54 Å². The van der Waals surface area contributed by atoms with Gasteiger partial charge in [-0.3, -0.25) is 4.98 Å². The molecule has 0 aliphatic heterocycles. The van der Waals surface area contributed by atoms with Crippen molar-refractivity contribution in [3.63, 3.8) is 0 Å². The molecule has 0 saturated carbocycles. The van der Waals surface area contributed by atoms with Crippen LogP contribution >= 0.6 is 0 Å². The van der Waals surface area contributed by atoms with Crippen molar-refractivity contribution in [3.8, 4) is 11.5 Å². The van der Waals surface area contributed by atoms with Gasteiger partial charge in [0.1, 0.15) is 17.3 Å². The highest BCUT2D eigenvalue weighted by molar-refractivity contribution is 5.35. The third-order valence-corrected chi connectivity index (χ3v) is 2.48. The zero-order valence-corrected chi connectivity index (χ0v) is 10.2. The number of rotatable bonds is 5. The van der Waals surface area contributed by atoms with Crippen LogP contribution in [0.1, 0.15) is 12.5 Å². The van der Waals surface area contributed by atoms with Crippen LogP contribution in [0.2, 0.25) is 0 Å². The normalized spacial score (nSPS) is 10.3. The van der Waals surface area contributed by atoms with E-state index in [-0.39, 0.29) is 5.82 Å². The monoisotopic (exact) mass is 246 g/mol. The van der Waals surface area contributed by atoms with Crippen LogP contribution in [0, 0.1) is 5.82 Å². The molecule has 0 amide bonds. The summed E-state index contributed by atoms with van der Waals surface area (Å²) in [5.41, 5.74) is 1.02. The predicted molar refractivity (Wildman–Crippen MR) is 68.1 cm³/mol. The lowest BCUT2D eigenvalue weighted by Gasteiger charge is -2.10. The Labute approximate surface area is 106 Å². The first-order valence-electron chi connectivity index (χ1n) is 5.86. The first-order chi connectivity index (χ1) is 8.79. The van der Waals surface area contributed by atoms with Crippen LogP contribution in [0.15, 0.2) is 42.7 Å². The van der Waals surface area contributed by atoms with E-state index in [4.69, 9.17) is 4.74 Å². The molecule has 0 radical (unpaired) electrons. The van der Waals surface area contributed by atoms with Crippen LogP contribution in [0.25, 0.3) is 0 Å². The summed E-state index contributed by atoms with van der Waals surface area (Å²) >= 11 is 0. The Morgan fingerprint density at radius 3 is 2.72 bits per heavy atom. The smallest absolute Gasteiger partial charge is 0.150 e. The minimum absolute atomic E-state index is 0.276. The second kappa shape index (κ2) is 6.12. The van der Waals surface area contributed by atoms with Gasteiger partial charge in [0, 0.05) is 18.3 Å². The SMILES string of the molecule is CCNCc1ccncc1Oc1ccc(F)cc1. The van der Waals surface area contributed by atoms with Crippen LogP contribution in [0.3, 0.4) is 0 Å². The maximum absolute atomic E-state index is 12.8. The van der Waals surface area contributed by atoms with Gasteiger partial charge in [-0.2, -0.15) is 0 Å². The van der Waals surface area contributed by atoms with Crippen LogP contribution in [-0.2, 0) is 6.54 Å². The Morgan fingerprint density at radius 1 is 1.22 bits per heavy atom. The fourth-order valence-corrected chi connectivity index (χ4v) is 1.54. The molecule has 0 unspecified atom stereocenters. The number of halogens is 1. The molecule has 1 heterocycles. The Balaban J connectivity index is 2.15. The second-order valence-corrected chi connectivity index (χ2v) is 3.82. The first kappa shape index (κ1) is 12.5. The number of benzene rings is 1. The van der Waals surface area contributed by atoms with Crippen LogP contribution < -0.4 is 10.1 Å². The van der Waals surface area contributed by atoms with Gasteiger partial charge in [-0.25, -0.2) is 4.39 Å². The largest absolute Gasteiger partial charge is 0.455 e. The van der Waals surface area contributed by atoms with Gasteiger partial charge in [0.05, 0.1) is 6.20 Å². The summed E-state index contributed by atoms with van der Waals surface area (Å²) in [5, 5.41) is 3.23. The molecule has 0 aliphatic carbocycles. The standard InChI is InChI=1S/C14H15FN2O/c1-2-16-9-11-7-8-17-10-14(11)18-13-5-3-12(15)4-6-13/h3-8,10,16H,2,9H2,1H3. The van der Waals surface area contributed by atoms with Crippen LogP contribution in [0.4, 0.5) is 4.39 Å². The number of hydrogen-bond donors (Lipinski definition) is 1. The number of pyridine rings is 1. The van der Waals surface area contributed by atoms with E-state index in [1.54, 1.807) is 24.5 Å². The molecule has 2 aromatic rings. The van der Waals surface area contributed by atoms with E-state index < -0.39 is 0 Å². The molecule has 0 bridgehead atoms. The quantitative estimate of drug-likeness (QED) is 0.880. The molecular formula is C14H15FN2O. The third kappa shape index (κ3) is 3.28. The molecule has 1 N–H and O–H groups in total. The summed E-state index contributed by atoms with van der Waals surface area (Å²) in [5.74, 6) is 1.01. The molecule has 0 aliphatic rings. The van der Waals surface area contributed by atoms with E-state index in [1.807, 2.05) is 13.0 Å². The van der Waals surface area contributed by atoms with Gasteiger partial charge >= 0.3 is 0 Å². The Morgan fingerprint density at radius 2 is 2.00 bits per heavy atom. The molecule has 0 atom stereocenters. The first-order valence-corrected chi connectivity index (χ1v) is 5.86. The molecule has 94 valence electrons. The Hall–Kier alpha value is -1.94. The highest BCUT2D eigenvalue weighted by Crippen LogP contribution is 2.24. The number of nitrogens with one attached hydrogen (secondary N) is 1. The molecule has 4 heteroatoms. The molecule has 0 fully saturated rings. The van der Waals surface area contributed by atoms with Gasteiger partial charge in [0.15, 0.2) is 0 Å². The predicted octanol–water partition coefficient (Wildman–Crippen LogP) is 3.12. The van der Waals surface area contributed by atoms with Crippen molar-refractivity contribution in [1.29, 1.82) is 0 Å². The number of aromatic nitrogens is 1. The molecule has 0 saturated heterocycles. The van der Waals surface area contributed by atoms with E-state index in [0.29, 0.717) is 11.5 Å². The van der Waals surface area contributed by atoms with Crippen molar-refractivity contribution in [2.24, 2.45) is 0 Å². The summed E-state index contributed by atoms with van der Waals surface area (Å²) in [4.78, 5) is 4.04. The maximum atomic E-state index is 12.8. The second-order valence-electron chi connectivity index (χ2n) is 3.82. The van der Waals surface area contributed by atoms with E-state index in [1.165, 1.54) is 12.1 Å². The molecule has 18 heavy (non-hydrogen) atoms. The molecular weight excluding hydrogens is 231 g/mol. The van der Waals surface area contributed by atoms with Gasteiger partial charge < -0.3 is 10.1 Å². The Kier molecular flexibility index (Phi) is 4.25. The minimum Gasteiger partial charge on any atom is -0.455 e. The highest BCUT2D eigenvalue weighted by Gasteiger charge is 2.04. The molecule has 1 aromatic carbocycles.